The van der Waals surface area contributed by atoms with Gasteiger partial charge in [0.1, 0.15) is 11.9 Å². The molecule has 2 rings (SSSR count). The zero-order valence-corrected chi connectivity index (χ0v) is 12.7. The summed E-state index contributed by atoms with van der Waals surface area (Å²) >= 11 is 1.63. The molecule has 1 aliphatic heterocycles. The van der Waals surface area contributed by atoms with Gasteiger partial charge in [-0.15, -0.1) is 0 Å². The zero-order chi connectivity index (χ0) is 15.4. The van der Waals surface area contributed by atoms with Crippen LogP contribution in [-0.2, 0) is 4.79 Å². The number of hydrogen-bond donors (Lipinski definition) is 1. The van der Waals surface area contributed by atoms with Crippen LogP contribution >= 0.6 is 11.8 Å². The first-order chi connectivity index (χ1) is 10.0. The second-order valence-electron chi connectivity index (χ2n) is 4.73. The second-order valence-corrected chi connectivity index (χ2v) is 5.72. The van der Waals surface area contributed by atoms with E-state index < -0.39 is 12.8 Å². The molecule has 1 heterocycles. The van der Waals surface area contributed by atoms with E-state index >= 15 is 0 Å². The molecule has 1 amide bonds. The third kappa shape index (κ3) is 3.65. The summed E-state index contributed by atoms with van der Waals surface area (Å²) in [4.78, 5) is 13.9. The van der Waals surface area contributed by atoms with Gasteiger partial charge in [-0.1, -0.05) is 18.2 Å². The summed E-state index contributed by atoms with van der Waals surface area (Å²) in [6.07, 6.45) is 1.52. The van der Waals surface area contributed by atoms with E-state index in [1.807, 2.05) is 6.26 Å². The number of amides is 1. The van der Waals surface area contributed by atoms with Crippen LogP contribution < -0.4 is 10.1 Å². The van der Waals surface area contributed by atoms with Crippen molar-refractivity contribution in [1.82, 2.24) is 10.2 Å². The third-order valence-corrected chi connectivity index (χ3v) is 3.93. The molecule has 1 saturated heterocycles. The van der Waals surface area contributed by atoms with Crippen molar-refractivity contribution in [2.75, 3.05) is 18.6 Å². The third-order valence-electron chi connectivity index (χ3n) is 3.34. The van der Waals surface area contributed by atoms with Gasteiger partial charge >= 0.3 is 6.61 Å². The van der Waals surface area contributed by atoms with Gasteiger partial charge in [-0.05, 0) is 19.2 Å². The smallest absolute Gasteiger partial charge is 0.387 e. The second kappa shape index (κ2) is 7.09. The topological polar surface area (TPSA) is 41.6 Å². The van der Waals surface area contributed by atoms with Crippen LogP contribution in [0.3, 0.4) is 0 Å². The van der Waals surface area contributed by atoms with Crippen LogP contribution in [0.25, 0.3) is 0 Å². The maximum absolute atomic E-state index is 12.5. The minimum atomic E-state index is -2.89. The molecule has 4 nitrogen and oxygen atoms in total. The first-order valence-electron chi connectivity index (χ1n) is 6.63. The maximum atomic E-state index is 12.5. The van der Waals surface area contributed by atoms with Crippen LogP contribution in [0, 0.1) is 0 Å². The highest BCUT2D eigenvalue weighted by Gasteiger charge is 2.38. The Kier molecular flexibility index (Phi) is 5.41. The van der Waals surface area contributed by atoms with Crippen LogP contribution in [0.15, 0.2) is 24.3 Å². The minimum absolute atomic E-state index is 0.0269. The van der Waals surface area contributed by atoms with Crippen LogP contribution in [-0.4, -0.2) is 42.0 Å². The number of nitrogens with one attached hydrogen (secondary N) is 1. The number of halogens is 2. The fourth-order valence-electron chi connectivity index (χ4n) is 2.37. The average Bonchev–Trinajstić information content (AvgIpc) is 2.72. The van der Waals surface area contributed by atoms with E-state index in [1.54, 1.807) is 41.8 Å². The average molecular weight is 316 g/mol. The first kappa shape index (κ1) is 16.0. The molecule has 1 N–H and O–H groups in total. The van der Waals surface area contributed by atoms with Crippen LogP contribution in [0.4, 0.5) is 8.78 Å². The lowest BCUT2D eigenvalue weighted by Gasteiger charge is -2.25. The number of ether oxygens (including phenoxy) is 1. The lowest BCUT2D eigenvalue weighted by atomic mass is 10.1. The molecule has 1 aromatic carbocycles. The molecule has 0 saturated carbocycles. The standard InChI is InChI=1S/C14H18F2N2O2S/c1-9-13(19)18(7-8-21-2)12(17-9)10-5-3-4-6-11(10)20-14(15)16/h3-6,9,12,14,17H,7-8H2,1-2H3. The van der Waals surface area contributed by atoms with E-state index in [1.165, 1.54) is 6.07 Å². The number of benzene rings is 1. The van der Waals surface area contributed by atoms with Crippen LogP contribution in [0.1, 0.15) is 18.7 Å². The van der Waals surface area contributed by atoms with Crippen molar-refractivity contribution in [3.63, 3.8) is 0 Å². The van der Waals surface area contributed by atoms with Crippen molar-refractivity contribution in [2.45, 2.75) is 25.7 Å². The Morgan fingerprint density at radius 3 is 2.81 bits per heavy atom. The van der Waals surface area contributed by atoms with Gasteiger partial charge in [0, 0.05) is 17.9 Å². The van der Waals surface area contributed by atoms with Gasteiger partial charge in [0.25, 0.3) is 0 Å². The molecule has 2 atom stereocenters. The number of nitrogens with zero attached hydrogens (tertiary/aromatic N) is 1. The molecule has 0 spiro atoms. The van der Waals surface area contributed by atoms with Gasteiger partial charge in [-0.2, -0.15) is 20.5 Å². The molecule has 1 aliphatic rings. The van der Waals surface area contributed by atoms with Crippen molar-refractivity contribution in [1.29, 1.82) is 0 Å². The Morgan fingerprint density at radius 2 is 2.14 bits per heavy atom. The van der Waals surface area contributed by atoms with Gasteiger partial charge in [0.15, 0.2) is 0 Å². The molecule has 2 unspecified atom stereocenters. The number of thioether (sulfide) groups is 1. The Bertz CT molecular complexity index is 502. The van der Waals surface area contributed by atoms with Gasteiger partial charge in [-0.3, -0.25) is 10.1 Å². The van der Waals surface area contributed by atoms with Crippen molar-refractivity contribution in [3.05, 3.63) is 29.8 Å². The Labute approximate surface area is 126 Å². The Balaban J connectivity index is 2.28. The fraction of sp³-hybridized carbons (Fsp3) is 0.500. The van der Waals surface area contributed by atoms with E-state index in [-0.39, 0.29) is 17.7 Å². The van der Waals surface area contributed by atoms with Crippen molar-refractivity contribution >= 4 is 17.7 Å². The zero-order valence-electron chi connectivity index (χ0n) is 11.9. The molecule has 7 heteroatoms. The van der Waals surface area contributed by atoms with E-state index in [4.69, 9.17) is 0 Å². The summed E-state index contributed by atoms with van der Waals surface area (Å²) in [7, 11) is 0. The van der Waals surface area contributed by atoms with Gasteiger partial charge in [0.2, 0.25) is 5.91 Å². The number of hydrogen-bond acceptors (Lipinski definition) is 4. The lowest BCUT2D eigenvalue weighted by Crippen LogP contribution is -2.33. The van der Waals surface area contributed by atoms with Crippen LogP contribution in [0.2, 0.25) is 0 Å². The molecule has 1 aromatic rings. The predicted molar refractivity (Wildman–Crippen MR) is 78.5 cm³/mol. The SMILES string of the molecule is CSCCN1C(=O)C(C)NC1c1ccccc1OC(F)F. The highest BCUT2D eigenvalue weighted by atomic mass is 32.2. The van der Waals surface area contributed by atoms with E-state index in [0.717, 1.165) is 5.75 Å². The number of carbonyl (C=O) groups is 1. The molecule has 0 aromatic heterocycles. The van der Waals surface area contributed by atoms with E-state index in [9.17, 15) is 13.6 Å². The number of alkyl halides is 2. The quantitative estimate of drug-likeness (QED) is 0.875. The molecule has 0 bridgehead atoms. The van der Waals surface area contributed by atoms with Crippen LogP contribution in [0.5, 0.6) is 5.75 Å². The van der Waals surface area contributed by atoms with Crippen molar-refractivity contribution < 1.29 is 18.3 Å². The minimum Gasteiger partial charge on any atom is -0.434 e. The Morgan fingerprint density at radius 1 is 1.43 bits per heavy atom. The largest absolute Gasteiger partial charge is 0.434 e. The molecular weight excluding hydrogens is 298 g/mol. The monoisotopic (exact) mass is 316 g/mol. The molecule has 116 valence electrons. The summed E-state index contributed by atoms with van der Waals surface area (Å²) < 4.78 is 29.6. The fourth-order valence-corrected chi connectivity index (χ4v) is 2.75. The molecule has 0 aliphatic carbocycles. The normalized spacial score (nSPS) is 22.1. The number of para-hydroxylation sites is 1. The highest BCUT2D eigenvalue weighted by Crippen LogP contribution is 2.32. The molecular formula is C14H18F2N2O2S. The summed E-state index contributed by atoms with van der Waals surface area (Å²) in [5, 5.41) is 3.13. The Hall–Kier alpha value is -1.34. The number of carbonyl (C=O) groups excluding carboxylic acids is 1. The summed E-state index contributed by atoms with van der Waals surface area (Å²) in [6, 6.07) is 6.23. The predicted octanol–water partition coefficient (Wildman–Crippen LogP) is 2.47. The lowest BCUT2D eigenvalue weighted by molar-refractivity contribution is -0.129. The summed E-state index contributed by atoms with van der Waals surface area (Å²) in [6.45, 7) is -0.559. The van der Waals surface area contributed by atoms with Crippen molar-refractivity contribution in [2.24, 2.45) is 0 Å². The molecule has 1 fully saturated rings. The van der Waals surface area contributed by atoms with E-state index in [2.05, 4.69) is 10.1 Å². The van der Waals surface area contributed by atoms with Gasteiger partial charge in [-0.25, -0.2) is 0 Å². The maximum Gasteiger partial charge on any atom is 0.387 e. The van der Waals surface area contributed by atoms with Crippen molar-refractivity contribution in [3.8, 4) is 5.75 Å². The molecule has 0 radical (unpaired) electrons. The number of rotatable bonds is 6. The highest BCUT2D eigenvalue weighted by molar-refractivity contribution is 7.98. The molecule has 21 heavy (non-hydrogen) atoms. The van der Waals surface area contributed by atoms with E-state index in [0.29, 0.717) is 12.1 Å². The van der Waals surface area contributed by atoms with Gasteiger partial charge in [0.05, 0.1) is 6.04 Å². The first-order valence-corrected chi connectivity index (χ1v) is 8.03. The van der Waals surface area contributed by atoms with Gasteiger partial charge < -0.3 is 9.64 Å². The summed E-state index contributed by atoms with van der Waals surface area (Å²) in [5.74, 6) is 0.857. The summed E-state index contributed by atoms with van der Waals surface area (Å²) in [5.41, 5.74) is 0.552.